The van der Waals surface area contributed by atoms with Crippen molar-refractivity contribution < 1.29 is 4.74 Å². The Morgan fingerprint density at radius 2 is 2.11 bits per heavy atom. The summed E-state index contributed by atoms with van der Waals surface area (Å²) in [4.78, 5) is 25.1. The van der Waals surface area contributed by atoms with Crippen LogP contribution in [-0.2, 0) is 24.1 Å². The predicted octanol–water partition coefficient (Wildman–Crippen LogP) is 3.86. The molecule has 0 unspecified atom stereocenters. The lowest BCUT2D eigenvalue weighted by Gasteiger charge is -2.12. The molecule has 3 aromatic rings. The van der Waals surface area contributed by atoms with E-state index in [1.165, 1.54) is 53.0 Å². The lowest BCUT2D eigenvalue weighted by Crippen LogP contribution is -2.25. The highest BCUT2D eigenvalue weighted by Gasteiger charge is 2.28. The molecule has 3 heterocycles. The molecular weight excluding hydrogens is 400 g/mol. The van der Waals surface area contributed by atoms with Gasteiger partial charge in [0.25, 0.3) is 5.56 Å². The summed E-state index contributed by atoms with van der Waals surface area (Å²) in [6.45, 7) is 0.982. The van der Waals surface area contributed by atoms with E-state index >= 15 is 0 Å². The molecule has 6 nitrogen and oxygen atoms in total. The van der Waals surface area contributed by atoms with Crippen LogP contribution in [0.5, 0.6) is 0 Å². The number of nitrogens with zero attached hydrogens (tertiary/aromatic N) is 4. The van der Waals surface area contributed by atoms with Gasteiger partial charge in [0.1, 0.15) is 10.7 Å². The number of methoxy groups -OCH3 is 1. The fourth-order valence-electron chi connectivity index (χ4n) is 3.52. The zero-order chi connectivity index (χ0) is 18.4. The molecule has 9 heteroatoms. The van der Waals surface area contributed by atoms with Crippen LogP contribution in [0.2, 0.25) is 0 Å². The minimum atomic E-state index is 0.0610. The van der Waals surface area contributed by atoms with Gasteiger partial charge in [-0.3, -0.25) is 9.36 Å². The van der Waals surface area contributed by atoms with Gasteiger partial charge in [0.15, 0.2) is 9.50 Å². The van der Waals surface area contributed by atoms with E-state index in [1.54, 1.807) is 23.0 Å². The van der Waals surface area contributed by atoms with Crippen molar-refractivity contribution in [1.29, 1.82) is 0 Å². The Hall–Kier alpha value is -1.29. The predicted molar refractivity (Wildman–Crippen MR) is 108 cm³/mol. The molecule has 0 N–H and O–H groups in total. The number of ether oxygens (including phenoxy) is 1. The largest absolute Gasteiger partial charge is 0.383 e. The first-order valence-corrected chi connectivity index (χ1v) is 11.7. The van der Waals surface area contributed by atoms with Crippen molar-refractivity contribution in [3.05, 3.63) is 26.6 Å². The summed E-state index contributed by atoms with van der Waals surface area (Å²) in [5, 5.41) is 1.52. The third kappa shape index (κ3) is 3.35. The summed E-state index contributed by atoms with van der Waals surface area (Å²) in [5.74, 6) is 1.48. The van der Waals surface area contributed by atoms with Crippen molar-refractivity contribution in [1.82, 2.24) is 18.9 Å². The van der Waals surface area contributed by atoms with E-state index in [4.69, 9.17) is 9.72 Å². The molecule has 1 fully saturated rings. The Morgan fingerprint density at radius 3 is 2.93 bits per heavy atom. The Morgan fingerprint density at radius 1 is 1.26 bits per heavy atom. The Labute approximate surface area is 169 Å². The number of hydrogen-bond donors (Lipinski definition) is 0. The second kappa shape index (κ2) is 7.27. The van der Waals surface area contributed by atoms with Crippen LogP contribution >= 0.6 is 34.6 Å². The third-order valence-electron chi connectivity index (χ3n) is 5.10. The van der Waals surface area contributed by atoms with Gasteiger partial charge in [0, 0.05) is 17.9 Å². The fraction of sp³-hybridized carbons (Fsp3) is 0.556. The number of aryl methyl sites for hydroxylation is 2. The van der Waals surface area contributed by atoms with Crippen molar-refractivity contribution in [2.45, 2.75) is 60.5 Å². The number of fused-ring (bicyclic) bond motifs is 3. The van der Waals surface area contributed by atoms with Gasteiger partial charge in [-0.1, -0.05) is 0 Å². The maximum atomic E-state index is 13.3. The highest BCUT2D eigenvalue weighted by atomic mass is 32.2. The molecule has 27 heavy (non-hydrogen) atoms. The van der Waals surface area contributed by atoms with Crippen LogP contribution in [0.25, 0.3) is 10.2 Å². The van der Waals surface area contributed by atoms with E-state index in [2.05, 4.69) is 9.36 Å². The summed E-state index contributed by atoms with van der Waals surface area (Å²) in [5.41, 5.74) is 1.29. The summed E-state index contributed by atoms with van der Waals surface area (Å²) in [7, 11) is 1.66. The van der Waals surface area contributed by atoms with Gasteiger partial charge in [-0.25, -0.2) is 9.97 Å². The van der Waals surface area contributed by atoms with Gasteiger partial charge < -0.3 is 4.74 Å². The normalized spacial score (nSPS) is 16.8. The molecule has 5 rings (SSSR count). The molecule has 0 amide bonds. The summed E-state index contributed by atoms with van der Waals surface area (Å²) in [6.07, 6.45) is 6.78. The van der Waals surface area contributed by atoms with Crippen molar-refractivity contribution >= 4 is 44.8 Å². The fourth-order valence-corrected chi connectivity index (χ4v) is 6.53. The van der Waals surface area contributed by atoms with Gasteiger partial charge in [0.2, 0.25) is 0 Å². The number of hydrogen-bond acceptors (Lipinski definition) is 8. The second-order valence-electron chi connectivity index (χ2n) is 7.03. The van der Waals surface area contributed by atoms with Gasteiger partial charge >= 0.3 is 0 Å². The van der Waals surface area contributed by atoms with Crippen LogP contribution in [0.3, 0.4) is 0 Å². The highest BCUT2D eigenvalue weighted by molar-refractivity contribution is 8.00. The molecule has 0 saturated heterocycles. The first-order chi connectivity index (χ1) is 13.2. The molecule has 142 valence electrons. The van der Waals surface area contributed by atoms with Crippen molar-refractivity contribution in [2.24, 2.45) is 0 Å². The highest BCUT2D eigenvalue weighted by Crippen LogP contribution is 2.41. The second-order valence-corrected chi connectivity index (χ2v) is 10.1. The van der Waals surface area contributed by atoms with Gasteiger partial charge in [0.05, 0.1) is 18.5 Å². The first-order valence-electron chi connectivity index (χ1n) is 9.30. The van der Waals surface area contributed by atoms with Crippen LogP contribution in [0.1, 0.15) is 47.9 Å². The van der Waals surface area contributed by atoms with Gasteiger partial charge in [-0.15, -0.1) is 11.3 Å². The monoisotopic (exact) mass is 420 g/mol. The maximum Gasteiger partial charge on any atom is 0.263 e. The molecule has 0 spiro atoms. The molecule has 2 aliphatic rings. The summed E-state index contributed by atoms with van der Waals surface area (Å²) < 4.78 is 12.3. The van der Waals surface area contributed by atoms with E-state index in [0.717, 1.165) is 39.6 Å². The van der Waals surface area contributed by atoms with Crippen LogP contribution < -0.4 is 5.56 Å². The smallest absolute Gasteiger partial charge is 0.263 e. The average Bonchev–Trinajstić information content (AvgIpc) is 3.30. The minimum absolute atomic E-state index is 0.0610. The lowest BCUT2D eigenvalue weighted by atomic mass is 9.97. The Kier molecular flexibility index (Phi) is 4.79. The van der Waals surface area contributed by atoms with E-state index in [0.29, 0.717) is 24.2 Å². The molecule has 0 radical (unpaired) electrons. The summed E-state index contributed by atoms with van der Waals surface area (Å²) in [6, 6.07) is 0. The molecule has 0 aliphatic heterocycles. The molecule has 0 bridgehead atoms. The first kappa shape index (κ1) is 17.8. The van der Waals surface area contributed by atoms with E-state index in [1.807, 2.05) is 0 Å². The Balaban J connectivity index is 1.59. The number of aromatic nitrogens is 4. The van der Waals surface area contributed by atoms with Gasteiger partial charge in [-0.2, -0.15) is 4.37 Å². The SMILES string of the molecule is COCCn1c(Sc2nc(C3CC3)ns2)nc2sc3c(c2c1=O)CCCC3. The van der Waals surface area contributed by atoms with Crippen LogP contribution in [0.15, 0.2) is 14.3 Å². The topological polar surface area (TPSA) is 69.9 Å². The molecule has 3 aromatic heterocycles. The third-order valence-corrected chi connectivity index (χ3v) is 8.05. The van der Waals surface area contributed by atoms with Crippen LogP contribution in [0, 0.1) is 0 Å². The maximum absolute atomic E-state index is 13.3. The molecule has 0 atom stereocenters. The van der Waals surface area contributed by atoms with Crippen molar-refractivity contribution in [3.63, 3.8) is 0 Å². The lowest BCUT2D eigenvalue weighted by molar-refractivity contribution is 0.183. The van der Waals surface area contributed by atoms with E-state index in [-0.39, 0.29) is 5.56 Å². The van der Waals surface area contributed by atoms with E-state index < -0.39 is 0 Å². The minimum Gasteiger partial charge on any atom is -0.383 e. The number of thiophene rings is 1. The average molecular weight is 421 g/mol. The summed E-state index contributed by atoms with van der Waals surface area (Å²) >= 11 is 4.55. The zero-order valence-corrected chi connectivity index (χ0v) is 17.5. The zero-order valence-electron chi connectivity index (χ0n) is 15.1. The standard InChI is InChI=1S/C18H20N4O2S3/c1-24-9-8-22-16(23)13-11-4-2-3-5-12(11)25-15(13)20-17(22)26-18-19-14(21-27-18)10-6-7-10/h10H,2-9H2,1H3. The Bertz CT molecular complexity index is 1050. The number of rotatable bonds is 6. The molecule has 2 aliphatic carbocycles. The van der Waals surface area contributed by atoms with Crippen molar-refractivity contribution in [2.75, 3.05) is 13.7 Å². The van der Waals surface area contributed by atoms with Crippen LogP contribution in [0.4, 0.5) is 0 Å². The molecule has 0 aromatic carbocycles. The molecule has 1 saturated carbocycles. The quantitative estimate of drug-likeness (QED) is 0.564. The van der Waals surface area contributed by atoms with E-state index in [9.17, 15) is 4.79 Å². The van der Waals surface area contributed by atoms with Crippen LogP contribution in [-0.4, -0.2) is 32.6 Å². The van der Waals surface area contributed by atoms with Crippen molar-refractivity contribution in [3.8, 4) is 0 Å². The molecular formula is C18H20N4O2S3. The van der Waals surface area contributed by atoms with Gasteiger partial charge in [-0.05, 0) is 67.4 Å².